The molecule has 8 nitrogen and oxygen atoms in total. The zero-order chi connectivity index (χ0) is 19.5. The van der Waals surface area contributed by atoms with Gasteiger partial charge in [-0.2, -0.15) is 5.10 Å². The molecule has 2 fully saturated rings. The summed E-state index contributed by atoms with van der Waals surface area (Å²) in [7, 11) is 0. The topological polar surface area (TPSA) is 89.4 Å². The predicted molar refractivity (Wildman–Crippen MR) is 103 cm³/mol. The molecule has 2 aliphatic rings. The lowest BCUT2D eigenvalue weighted by Crippen LogP contribution is -2.42. The van der Waals surface area contributed by atoms with E-state index >= 15 is 0 Å². The van der Waals surface area contributed by atoms with Gasteiger partial charge in [-0.3, -0.25) is 14.3 Å². The summed E-state index contributed by atoms with van der Waals surface area (Å²) >= 11 is 0. The van der Waals surface area contributed by atoms with E-state index in [1.807, 2.05) is 17.9 Å². The first kappa shape index (κ1) is 18.5. The van der Waals surface area contributed by atoms with Gasteiger partial charge in [0.15, 0.2) is 0 Å². The van der Waals surface area contributed by atoms with E-state index in [0.717, 1.165) is 25.7 Å². The fourth-order valence-corrected chi connectivity index (χ4v) is 3.39. The fourth-order valence-electron chi connectivity index (χ4n) is 3.39. The first-order valence-electron chi connectivity index (χ1n) is 9.88. The number of rotatable bonds is 6. The third-order valence-corrected chi connectivity index (χ3v) is 5.20. The molecule has 28 heavy (non-hydrogen) atoms. The van der Waals surface area contributed by atoms with E-state index in [4.69, 9.17) is 4.74 Å². The molecule has 0 bridgehead atoms. The maximum atomic E-state index is 12.7. The quantitative estimate of drug-likeness (QED) is 0.827. The number of piperidine rings is 1. The van der Waals surface area contributed by atoms with E-state index in [9.17, 15) is 9.59 Å². The van der Waals surface area contributed by atoms with E-state index in [-0.39, 0.29) is 23.8 Å². The summed E-state index contributed by atoms with van der Waals surface area (Å²) < 4.78 is 7.68. The number of ether oxygens (including phenoxy) is 1. The zero-order valence-corrected chi connectivity index (χ0v) is 16.0. The molecule has 0 spiro atoms. The Hall–Kier alpha value is -2.90. The summed E-state index contributed by atoms with van der Waals surface area (Å²) in [5, 5.41) is 7.04. The number of amides is 2. The van der Waals surface area contributed by atoms with E-state index in [0.29, 0.717) is 36.9 Å². The molecule has 1 aliphatic carbocycles. The lowest BCUT2D eigenvalue weighted by atomic mass is 10.1. The van der Waals surface area contributed by atoms with Crippen LogP contribution in [0.4, 0.5) is 5.69 Å². The van der Waals surface area contributed by atoms with Crippen LogP contribution in [0.3, 0.4) is 0 Å². The Morgan fingerprint density at radius 3 is 2.61 bits per heavy atom. The van der Waals surface area contributed by atoms with Crippen molar-refractivity contribution in [1.29, 1.82) is 0 Å². The molecule has 2 aromatic rings. The summed E-state index contributed by atoms with van der Waals surface area (Å²) in [6, 6.07) is 5.36. The van der Waals surface area contributed by atoms with Crippen LogP contribution < -0.4 is 10.1 Å². The van der Waals surface area contributed by atoms with Crippen molar-refractivity contribution in [1.82, 2.24) is 19.7 Å². The second kappa shape index (κ2) is 8.00. The van der Waals surface area contributed by atoms with Crippen molar-refractivity contribution in [2.45, 2.75) is 45.3 Å². The summed E-state index contributed by atoms with van der Waals surface area (Å²) in [4.78, 5) is 30.6. The Bertz CT molecular complexity index is 836. The Balaban J connectivity index is 1.27. The van der Waals surface area contributed by atoms with Crippen LogP contribution in [0.5, 0.6) is 5.88 Å². The number of hydrogen-bond acceptors (Lipinski definition) is 5. The van der Waals surface area contributed by atoms with Crippen molar-refractivity contribution in [3.8, 4) is 5.88 Å². The third-order valence-electron chi connectivity index (χ3n) is 5.20. The van der Waals surface area contributed by atoms with Gasteiger partial charge in [-0.1, -0.05) is 0 Å². The highest BCUT2D eigenvalue weighted by atomic mass is 16.5. The molecule has 0 radical (unpaired) electrons. The molecule has 1 N–H and O–H groups in total. The molecule has 1 saturated heterocycles. The van der Waals surface area contributed by atoms with Crippen molar-refractivity contribution >= 4 is 17.5 Å². The highest BCUT2D eigenvalue weighted by molar-refractivity contribution is 5.94. The maximum Gasteiger partial charge on any atom is 0.272 e. The minimum absolute atomic E-state index is 0.0201. The Morgan fingerprint density at radius 2 is 1.96 bits per heavy atom. The molecule has 3 heterocycles. The summed E-state index contributed by atoms with van der Waals surface area (Å²) in [6.45, 7) is 3.94. The maximum absolute atomic E-state index is 12.7. The van der Waals surface area contributed by atoms with Crippen LogP contribution in [0.1, 0.15) is 43.1 Å². The monoisotopic (exact) mass is 383 g/mol. The Kier molecular flexibility index (Phi) is 5.27. The van der Waals surface area contributed by atoms with Crippen LogP contribution in [0.15, 0.2) is 30.6 Å². The molecule has 1 saturated carbocycles. The zero-order valence-electron chi connectivity index (χ0n) is 16.0. The van der Waals surface area contributed by atoms with Crippen LogP contribution in [0.25, 0.3) is 0 Å². The highest BCUT2D eigenvalue weighted by Crippen LogP contribution is 2.30. The molecular formula is C20H25N5O3. The molecule has 148 valence electrons. The van der Waals surface area contributed by atoms with Gasteiger partial charge in [0.2, 0.25) is 11.8 Å². The SMILES string of the molecule is CCn1nccc1C(=O)N1CCC(Oc2ccc(NC(=O)C3CC3)cn2)CC1. The number of anilines is 1. The first-order valence-corrected chi connectivity index (χ1v) is 9.88. The van der Waals surface area contributed by atoms with E-state index in [2.05, 4.69) is 15.4 Å². The smallest absolute Gasteiger partial charge is 0.272 e. The molecule has 0 aromatic carbocycles. The van der Waals surface area contributed by atoms with Gasteiger partial charge in [0.05, 0.1) is 11.9 Å². The van der Waals surface area contributed by atoms with Crippen molar-refractivity contribution in [3.05, 3.63) is 36.3 Å². The number of aromatic nitrogens is 3. The minimum Gasteiger partial charge on any atom is -0.474 e. The number of nitrogens with one attached hydrogen (secondary N) is 1. The third kappa shape index (κ3) is 4.16. The van der Waals surface area contributed by atoms with Gasteiger partial charge in [-0.25, -0.2) is 4.98 Å². The summed E-state index contributed by atoms with van der Waals surface area (Å²) in [5.74, 6) is 0.793. The lowest BCUT2D eigenvalue weighted by Gasteiger charge is -2.32. The second-order valence-electron chi connectivity index (χ2n) is 7.29. The van der Waals surface area contributed by atoms with Crippen LogP contribution in [0, 0.1) is 5.92 Å². The number of aryl methyl sites for hydroxylation is 1. The van der Waals surface area contributed by atoms with Gasteiger partial charge in [-0.05, 0) is 31.9 Å². The van der Waals surface area contributed by atoms with Crippen molar-refractivity contribution in [3.63, 3.8) is 0 Å². The number of hydrogen-bond donors (Lipinski definition) is 1. The van der Waals surface area contributed by atoms with E-state index in [1.165, 1.54) is 0 Å². The van der Waals surface area contributed by atoms with E-state index in [1.54, 1.807) is 29.2 Å². The van der Waals surface area contributed by atoms with Crippen LogP contribution in [-0.4, -0.2) is 50.7 Å². The van der Waals surface area contributed by atoms with Crippen molar-refractivity contribution in [2.24, 2.45) is 5.92 Å². The summed E-state index contributed by atoms with van der Waals surface area (Å²) in [6.07, 6.45) is 6.78. The van der Waals surface area contributed by atoms with E-state index < -0.39 is 0 Å². The van der Waals surface area contributed by atoms with Crippen LogP contribution in [-0.2, 0) is 11.3 Å². The largest absolute Gasteiger partial charge is 0.474 e. The average molecular weight is 383 g/mol. The highest BCUT2D eigenvalue weighted by Gasteiger charge is 2.30. The van der Waals surface area contributed by atoms with Gasteiger partial charge in [-0.15, -0.1) is 0 Å². The molecule has 2 aromatic heterocycles. The Morgan fingerprint density at radius 1 is 1.18 bits per heavy atom. The van der Waals surface area contributed by atoms with Crippen LogP contribution in [0.2, 0.25) is 0 Å². The number of pyridine rings is 1. The van der Waals surface area contributed by atoms with Crippen LogP contribution >= 0.6 is 0 Å². The average Bonchev–Trinajstić information content (AvgIpc) is 3.47. The van der Waals surface area contributed by atoms with Crippen molar-refractivity contribution < 1.29 is 14.3 Å². The second-order valence-corrected chi connectivity index (χ2v) is 7.29. The molecule has 4 rings (SSSR count). The van der Waals surface area contributed by atoms with Gasteiger partial charge in [0.1, 0.15) is 11.8 Å². The molecule has 1 aliphatic heterocycles. The van der Waals surface area contributed by atoms with Gasteiger partial charge < -0.3 is 15.0 Å². The van der Waals surface area contributed by atoms with Gasteiger partial charge in [0.25, 0.3) is 5.91 Å². The Labute approximate surface area is 163 Å². The fraction of sp³-hybridized carbons (Fsp3) is 0.500. The number of carbonyl (C=O) groups excluding carboxylic acids is 2. The number of likely N-dealkylation sites (tertiary alicyclic amines) is 1. The molecule has 0 unspecified atom stereocenters. The molecular weight excluding hydrogens is 358 g/mol. The number of nitrogens with zero attached hydrogens (tertiary/aromatic N) is 4. The predicted octanol–water partition coefficient (Wildman–Crippen LogP) is 2.33. The standard InChI is InChI=1S/C20H25N5O3/c1-2-25-17(7-10-22-25)20(27)24-11-8-16(9-12-24)28-18-6-5-15(13-21-18)23-19(26)14-3-4-14/h5-7,10,13-14,16H,2-4,8-9,11-12H2,1H3,(H,23,26). The first-order chi connectivity index (χ1) is 13.6. The normalized spacial score (nSPS) is 17.4. The number of carbonyl (C=O) groups is 2. The molecule has 0 atom stereocenters. The van der Waals surface area contributed by atoms with Gasteiger partial charge in [0, 0.05) is 50.7 Å². The molecule has 8 heteroatoms. The molecule has 2 amide bonds. The lowest BCUT2D eigenvalue weighted by molar-refractivity contribution is -0.117. The summed E-state index contributed by atoms with van der Waals surface area (Å²) in [5.41, 5.74) is 1.32. The van der Waals surface area contributed by atoms with Crippen molar-refractivity contribution in [2.75, 3.05) is 18.4 Å². The van der Waals surface area contributed by atoms with Gasteiger partial charge >= 0.3 is 0 Å². The minimum atomic E-state index is 0.0201.